The molecular formula is C19H21BrN2O2. The normalized spacial score (nSPS) is 11.6. The molecule has 0 unspecified atom stereocenters. The summed E-state index contributed by atoms with van der Waals surface area (Å²) < 4.78 is 0. The number of hydrogen-bond acceptors (Lipinski definition) is 2. The van der Waals surface area contributed by atoms with Gasteiger partial charge in [-0.15, -0.1) is 0 Å². The number of hydrogen-bond donors (Lipinski definition) is 1. The van der Waals surface area contributed by atoms with E-state index in [0.717, 1.165) is 11.1 Å². The van der Waals surface area contributed by atoms with Crippen LogP contribution in [0.15, 0.2) is 60.7 Å². The molecule has 0 radical (unpaired) electrons. The molecule has 0 saturated heterocycles. The highest BCUT2D eigenvalue weighted by atomic mass is 79.9. The maximum Gasteiger partial charge on any atom is 0.245 e. The van der Waals surface area contributed by atoms with E-state index in [1.54, 1.807) is 11.9 Å². The van der Waals surface area contributed by atoms with E-state index < -0.39 is 6.04 Å². The van der Waals surface area contributed by atoms with E-state index in [1.807, 2.05) is 60.7 Å². The van der Waals surface area contributed by atoms with Crippen LogP contribution >= 0.6 is 15.9 Å². The summed E-state index contributed by atoms with van der Waals surface area (Å²) in [7, 11) is 1.76. The molecule has 24 heavy (non-hydrogen) atoms. The molecule has 4 nitrogen and oxygen atoms in total. The summed E-state index contributed by atoms with van der Waals surface area (Å²) >= 11 is 3.13. The zero-order chi connectivity index (χ0) is 17.4. The van der Waals surface area contributed by atoms with Gasteiger partial charge in [0.15, 0.2) is 0 Å². The Morgan fingerprint density at radius 2 is 1.54 bits per heavy atom. The fourth-order valence-electron chi connectivity index (χ4n) is 2.48. The van der Waals surface area contributed by atoms with Crippen LogP contribution in [0.25, 0.3) is 0 Å². The number of halogens is 1. The van der Waals surface area contributed by atoms with E-state index in [4.69, 9.17) is 0 Å². The van der Waals surface area contributed by atoms with Crippen molar-refractivity contribution in [3.05, 3.63) is 71.8 Å². The summed E-state index contributed by atoms with van der Waals surface area (Å²) in [4.78, 5) is 26.2. The molecule has 2 aromatic carbocycles. The first kappa shape index (κ1) is 18.2. The van der Waals surface area contributed by atoms with Gasteiger partial charge in [-0.25, -0.2) is 0 Å². The fraction of sp³-hybridized carbons (Fsp3) is 0.263. The number of carbonyl (C=O) groups is 2. The molecule has 0 saturated carbocycles. The van der Waals surface area contributed by atoms with Gasteiger partial charge in [-0.3, -0.25) is 9.59 Å². The minimum Gasteiger partial charge on any atom is -0.343 e. The summed E-state index contributed by atoms with van der Waals surface area (Å²) in [5.74, 6) is -0.297. The third kappa shape index (κ3) is 5.49. The monoisotopic (exact) mass is 388 g/mol. The zero-order valence-electron chi connectivity index (χ0n) is 13.6. The minimum atomic E-state index is -0.578. The van der Waals surface area contributed by atoms with Crippen LogP contribution in [0.2, 0.25) is 0 Å². The predicted molar refractivity (Wildman–Crippen MR) is 98.8 cm³/mol. The lowest BCUT2D eigenvalue weighted by Crippen LogP contribution is -2.48. The van der Waals surface area contributed by atoms with Crippen LogP contribution < -0.4 is 5.32 Å². The van der Waals surface area contributed by atoms with Crippen LogP contribution in [0, 0.1) is 0 Å². The smallest absolute Gasteiger partial charge is 0.245 e. The molecule has 0 fully saturated rings. The SMILES string of the molecule is CN(Cc1ccccc1)C(=O)[C@H](Cc1ccccc1)NC(=O)CBr. The molecule has 5 heteroatoms. The first-order valence-corrected chi connectivity index (χ1v) is 8.90. The molecule has 0 spiro atoms. The lowest BCUT2D eigenvalue weighted by atomic mass is 10.0. The van der Waals surface area contributed by atoms with Crippen LogP contribution in [0.4, 0.5) is 0 Å². The molecule has 1 atom stereocenters. The van der Waals surface area contributed by atoms with Crippen LogP contribution in [-0.4, -0.2) is 35.1 Å². The predicted octanol–water partition coefficient (Wildman–Crippen LogP) is 2.77. The molecule has 0 bridgehead atoms. The maximum absolute atomic E-state index is 12.8. The summed E-state index contributed by atoms with van der Waals surface area (Å²) in [5.41, 5.74) is 2.07. The van der Waals surface area contributed by atoms with Gasteiger partial charge in [0.25, 0.3) is 0 Å². The number of nitrogens with zero attached hydrogens (tertiary/aromatic N) is 1. The summed E-state index contributed by atoms with van der Waals surface area (Å²) in [5, 5.41) is 2.98. The second-order valence-corrected chi connectivity index (χ2v) is 6.18. The lowest BCUT2D eigenvalue weighted by molar-refractivity contribution is -0.135. The van der Waals surface area contributed by atoms with Gasteiger partial charge in [0.2, 0.25) is 11.8 Å². The second kappa shape index (κ2) is 9.23. The standard InChI is InChI=1S/C19H21BrN2O2/c1-22(14-16-10-6-3-7-11-16)19(24)17(21-18(23)13-20)12-15-8-4-2-5-9-15/h2-11,17H,12-14H2,1H3,(H,21,23)/t17-/m0/s1. The number of likely N-dealkylation sites (N-methyl/N-ethyl adjacent to an activating group) is 1. The molecule has 2 aromatic rings. The lowest BCUT2D eigenvalue weighted by Gasteiger charge is -2.25. The Morgan fingerprint density at radius 3 is 2.08 bits per heavy atom. The van der Waals surface area contributed by atoms with E-state index in [-0.39, 0.29) is 17.1 Å². The average Bonchev–Trinajstić information content (AvgIpc) is 2.62. The third-order valence-corrected chi connectivity index (χ3v) is 4.19. The minimum absolute atomic E-state index is 0.1000. The molecule has 0 aromatic heterocycles. The van der Waals surface area contributed by atoms with Crippen molar-refractivity contribution in [1.82, 2.24) is 10.2 Å². The van der Waals surface area contributed by atoms with E-state index >= 15 is 0 Å². The third-order valence-electron chi connectivity index (χ3n) is 3.68. The van der Waals surface area contributed by atoms with Gasteiger partial charge in [0, 0.05) is 20.0 Å². The number of rotatable bonds is 7. The summed E-state index contributed by atoms with van der Waals surface area (Å²) in [6.07, 6.45) is 0.470. The Bertz CT molecular complexity index is 662. The van der Waals surface area contributed by atoms with E-state index in [2.05, 4.69) is 21.2 Å². The Hall–Kier alpha value is -2.14. The van der Waals surface area contributed by atoms with Gasteiger partial charge < -0.3 is 10.2 Å². The first-order chi connectivity index (χ1) is 11.6. The second-order valence-electron chi connectivity index (χ2n) is 5.62. The van der Waals surface area contributed by atoms with Gasteiger partial charge in [0.1, 0.15) is 6.04 Å². The Labute approximate surface area is 151 Å². The Balaban J connectivity index is 2.09. The van der Waals surface area contributed by atoms with E-state index in [1.165, 1.54) is 0 Å². The van der Waals surface area contributed by atoms with Crippen molar-refractivity contribution in [2.75, 3.05) is 12.4 Å². The van der Waals surface area contributed by atoms with Crippen molar-refractivity contribution in [3.63, 3.8) is 0 Å². The number of benzene rings is 2. The fourth-order valence-corrected chi connectivity index (χ4v) is 2.65. The van der Waals surface area contributed by atoms with Crippen molar-refractivity contribution < 1.29 is 9.59 Å². The molecular weight excluding hydrogens is 368 g/mol. The van der Waals surface area contributed by atoms with Crippen molar-refractivity contribution in [1.29, 1.82) is 0 Å². The van der Waals surface area contributed by atoms with Gasteiger partial charge in [-0.2, -0.15) is 0 Å². The highest BCUT2D eigenvalue weighted by Crippen LogP contribution is 2.09. The molecule has 126 valence electrons. The largest absolute Gasteiger partial charge is 0.343 e. The van der Waals surface area contributed by atoms with Crippen LogP contribution in [0.5, 0.6) is 0 Å². The van der Waals surface area contributed by atoms with Crippen molar-refractivity contribution >= 4 is 27.7 Å². The van der Waals surface area contributed by atoms with Gasteiger partial charge >= 0.3 is 0 Å². The summed E-state index contributed by atoms with van der Waals surface area (Å²) in [6.45, 7) is 0.509. The highest BCUT2D eigenvalue weighted by Gasteiger charge is 2.24. The average molecular weight is 389 g/mol. The maximum atomic E-state index is 12.8. The van der Waals surface area contributed by atoms with Gasteiger partial charge in [0.05, 0.1) is 5.33 Å². The van der Waals surface area contributed by atoms with Crippen molar-refractivity contribution in [2.45, 2.75) is 19.0 Å². The molecule has 0 aliphatic rings. The van der Waals surface area contributed by atoms with Gasteiger partial charge in [-0.1, -0.05) is 76.6 Å². The molecule has 2 rings (SSSR count). The summed E-state index contributed by atoms with van der Waals surface area (Å²) in [6, 6.07) is 18.9. The quantitative estimate of drug-likeness (QED) is 0.741. The topological polar surface area (TPSA) is 49.4 Å². The molecule has 0 heterocycles. The Kier molecular flexibility index (Phi) is 7.00. The van der Waals surface area contributed by atoms with E-state index in [0.29, 0.717) is 13.0 Å². The van der Waals surface area contributed by atoms with Crippen molar-refractivity contribution in [3.8, 4) is 0 Å². The molecule has 0 aliphatic carbocycles. The van der Waals surface area contributed by atoms with Gasteiger partial charge in [-0.05, 0) is 11.1 Å². The van der Waals surface area contributed by atoms with Crippen LogP contribution in [0.1, 0.15) is 11.1 Å². The van der Waals surface area contributed by atoms with E-state index in [9.17, 15) is 9.59 Å². The first-order valence-electron chi connectivity index (χ1n) is 7.78. The molecule has 0 aliphatic heterocycles. The van der Waals surface area contributed by atoms with Crippen LogP contribution in [0.3, 0.4) is 0 Å². The molecule has 1 N–H and O–H groups in total. The molecule has 2 amide bonds. The Morgan fingerprint density at radius 1 is 1.00 bits per heavy atom. The number of nitrogens with one attached hydrogen (secondary N) is 1. The zero-order valence-corrected chi connectivity index (χ0v) is 15.2. The number of alkyl halides is 1. The number of carbonyl (C=O) groups excluding carboxylic acids is 2. The highest BCUT2D eigenvalue weighted by molar-refractivity contribution is 9.09. The van der Waals surface area contributed by atoms with Crippen molar-refractivity contribution in [2.24, 2.45) is 0 Å². The van der Waals surface area contributed by atoms with Crippen LogP contribution in [-0.2, 0) is 22.6 Å². The number of amides is 2.